The van der Waals surface area contributed by atoms with E-state index in [-0.39, 0.29) is 11.4 Å². The molecule has 13 heavy (non-hydrogen) atoms. The highest BCUT2D eigenvalue weighted by molar-refractivity contribution is 5.75. The van der Waals surface area contributed by atoms with Gasteiger partial charge in [-0.05, 0) is 24.6 Å². The number of aryl methyl sites for hydroxylation is 1. The molecule has 3 N–H and O–H groups in total. The van der Waals surface area contributed by atoms with Gasteiger partial charge in [0.05, 0.1) is 11.0 Å². The molecule has 0 atom stereocenters. The Hall–Kier alpha value is -1.84. The van der Waals surface area contributed by atoms with Crippen LogP contribution in [0.15, 0.2) is 23.0 Å². The molecule has 0 aliphatic heterocycles. The molecule has 0 radical (unpaired) electrons. The van der Waals surface area contributed by atoms with E-state index >= 15 is 0 Å². The summed E-state index contributed by atoms with van der Waals surface area (Å²) in [6.07, 6.45) is 0. The monoisotopic (exact) mass is 175 g/mol. The zero-order chi connectivity index (χ0) is 9.42. The fourth-order valence-corrected chi connectivity index (χ4v) is 1.21. The van der Waals surface area contributed by atoms with Crippen LogP contribution in [0, 0.1) is 6.92 Å². The van der Waals surface area contributed by atoms with Crippen LogP contribution in [0.5, 0.6) is 0 Å². The quantitative estimate of drug-likeness (QED) is 0.622. The van der Waals surface area contributed by atoms with Gasteiger partial charge in [0.2, 0.25) is 0 Å². The third-order valence-electron chi connectivity index (χ3n) is 1.87. The first-order valence-corrected chi connectivity index (χ1v) is 3.93. The van der Waals surface area contributed by atoms with Gasteiger partial charge in [-0.25, -0.2) is 4.98 Å². The number of aromatic amines is 1. The minimum absolute atomic E-state index is 0.0105. The van der Waals surface area contributed by atoms with Gasteiger partial charge in [-0.3, -0.25) is 4.79 Å². The minimum atomic E-state index is -0.335. The van der Waals surface area contributed by atoms with Crippen molar-refractivity contribution in [2.24, 2.45) is 0 Å². The van der Waals surface area contributed by atoms with E-state index in [4.69, 9.17) is 5.73 Å². The Morgan fingerprint density at radius 1 is 1.46 bits per heavy atom. The summed E-state index contributed by atoms with van der Waals surface area (Å²) in [6, 6.07) is 5.62. The van der Waals surface area contributed by atoms with Crippen LogP contribution in [0.25, 0.3) is 11.0 Å². The molecule has 0 saturated carbocycles. The summed E-state index contributed by atoms with van der Waals surface area (Å²) in [5, 5.41) is 0. The predicted molar refractivity (Wildman–Crippen MR) is 51.5 cm³/mol. The number of nitrogens with zero attached hydrogens (tertiary/aromatic N) is 1. The lowest BCUT2D eigenvalue weighted by atomic mass is 10.2. The summed E-state index contributed by atoms with van der Waals surface area (Å²) in [4.78, 5) is 17.7. The maximum atomic E-state index is 11.1. The van der Waals surface area contributed by atoms with Crippen LogP contribution >= 0.6 is 0 Å². The molecule has 1 heterocycles. The Balaban J connectivity index is 2.89. The summed E-state index contributed by atoms with van der Waals surface area (Å²) in [7, 11) is 0. The van der Waals surface area contributed by atoms with E-state index in [2.05, 4.69) is 9.97 Å². The number of anilines is 1. The molecule has 0 bridgehead atoms. The molecular weight excluding hydrogens is 166 g/mol. The zero-order valence-corrected chi connectivity index (χ0v) is 7.16. The van der Waals surface area contributed by atoms with Gasteiger partial charge in [0.15, 0.2) is 5.82 Å². The Morgan fingerprint density at radius 3 is 3.00 bits per heavy atom. The number of nitrogens with two attached hydrogens (primary N) is 1. The van der Waals surface area contributed by atoms with Crippen molar-refractivity contribution >= 4 is 16.9 Å². The van der Waals surface area contributed by atoms with E-state index in [0.29, 0.717) is 5.52 Å². The Labute approximate surface area is 74.4 Å². The van der Waals surface area contributed by atoms with E-state index in [1.807, 2.05) is 25.1 Å². The van der Waals surface area contributed by atoms with Crippen molar-refractivity contribution in [2.75, 3.05) is 5.73 Å². The second kappa shape index (κ2) is 2.58. The first-order valence-electron chi connectivity index (χ1n) is 3.93. The molecule has 2 aromatic rings. The molecule has 0 unspecified atom stereocenters. The topological polar surface area (TPSA) is 71.8 Å². The Kier molecular flexibility index (Phi) is 1.55. The van der Waals surface area contributed by atoms with Crippen molar-refractivity contribution in [1.82, 2.24) is 9.97 Å². The van der Waals surface area contributed by atoms with Crippen molar-refractivity contribution in [3.63, 3.8) is 0 Å². The van der Waals surface area contributed by atoms with Crippen LogP contribution < -0.4 is 11.3 Å². The van der Waals surface area contributed by atoms with Gasteiger partial charge in [-0.15, -0.1) is 0 Å². The molecule has 2 rings (SSSR count). The van der Waals surface area contributed by atoms with Crippen LogP contribution in [0.4, 0.5) is 5.82 Å². The number of benzene rings is 1. The second-order valence-electron chi connectivity index (χ2n) is 2.97. The van der Waals surface area contributed by atoms with Crippen LogP contribution in [0.2, 0.25) is 0 Å². The van der Waals surface area contributed by atoms with Crippen LogP contribution in [0.1, 0.15) is 5.56 Å². The molecule has 1 aromatic heterocycles. The van der Waals surface area contributed by atoms with E-state index < -0.39 is 0 Å². The number of nitrogen functional groups attached to an aromatic ring is 1. The highest BCUT2D eigenvalue weighted by Crippen LogP contribution is 2.09. The van der Waals surface area contributed by atoms with Crippen LogP contribution in [-0.4, -0.2) is 9.97 Å². The van der Waals surface area contributed by atoms with Gasteiger partial charge in [-0.2, -0.15) is 0 Å². The number of hydrogen-bond donors (Lipinski definition) is 2. The van der Waals surface area contributed by atoms with Gasteiger partial charge < -0.3 is 10.7 Å². The summed E-state index contributed by atoms with van der Waals surface area (Å²) < 4.78 is 0. The van der Waals surface area contributed by atoms with Crippen molar-refractivity contribution in [3.8, 4) is 0 Å². The van der Waals surface area contributed by atoms with Crippen molar-refractivity contribution in [2.45, 2.75) is 6.92 Å². The predicted octanol–water partition coefficient (Wildman–Crippen LogP) is 0.814. The fourth-order valence-electron chi connectivity index (χ4n) is 1.21. The highest BCUT2D eigenvalue weighted by Gasteiger charge is 1.99. The lowest BCUT2D eigenvalue weighted by Crippen LogP contribution is -2.13. The number of hydrogen-bond acceptors (Lipinski definition) is 3. The van der Waals surface area contributed by atoms with Crippen LogP contribution in [0.3, 0.4) is 0 Å². The molecule has 4 heteroatoms. The van der Waals surface area contributed by atoms with E-state index in [1.165, 1.54) is 0 Å². The first-order chi connectivity index (χ1) is 6.16. The zero-order valence-electron chi connectivity index (χ0n) is 7.16. The van der Waals surface area contributed by atoms with Crippen LogP contribution in [-0.2, 0) is 0 Å². The maximum Gasteiger partial charge on any atom is 0.290 e. The molecule has 0 fully saturated rings. The number of rotatable bonds is 0. The molecule has 0 aliphatic carbocycles. The van der Waals surface area contributed by atoms with Gasteiger partial charge in [0, 0.05) is 0 Å². The lowest BCUT2D eigenvalue weighted by molar-refractivity contribution is 1.22. The molecule has 0 spiro atoms. The minimum Gasteiger partial charge on any atom is -0.379 e. The van der Waals surface area contributed by atoms with Crippen molar-refractivity contribution in [1.29, 1.82) is 0 Å². The third-order valence-corrected chi connectivity index (χ3v) is 1.87. The largest absolute Gasteiger partial charge is 0.379 e. The SMILES string of the molecule is Cc1ccc2nc(N)c(=O)[nH]c2c1. The second-order valence-corrected chi connectivity index (χ2v) is 2.97. The summed E-state index contributed by atoms with van der Waals surface area (Å²) in [6.45, 7) is 1.95. The number of H-pyrrole nitrogens is 1. The Bertz CT molecular complexity index is 516. The molecular formula is C9H9N3O. The number of aromatic nitrogens is 2. The standard InChI is InChI=1S/C9H9N3O/c1-5-2-3-6-7(4-5)12-9(13)8(10)11-6/h2-4H,1H3,(H2,10,11)(H,12,13). The third kappa shape index (κ3) is 1.26. The Morgan fingerprint density at radius 2 is 2.23 bits per heavy atom. The van der Waals surface area contributed by atoms with Gasteiger partial charge in [-0.1, -0.05) is 6.07 Å². The lowest BCUT2D eigenvalue weighted by Gasteiger charge is -1.98. The van der Waals surface area contributed by atoms with Gasteiger partial charge in [0.1, 0.15) is 0 Å². The van der Waals surface area contributed by atoms with Crippen molar-refractivity contribution < 1.29 is 0 Å². The summed E-state index contributed by atoms with van der Waals surface area (Å²) in [5.41, 5.74) is 7.54. The summed E-state index contributed by atoms with van der Waals surface area (Å²) >= 11 is 0. The van der Waals surface area contributed by atoms with Gasteiger partial charge >= 0.3 is 0 Å². The molecule has 1 aromatic carbocycles. The van der Waals surface area contributed by atoms with E-state index in [0.717, 1.165) is 11.1 Å². The van der Waals surface area contributed by atoms with E-state index in [1.54, 1.807) is 0 Å². The molecule has 0 aliphatic rings. The highest BCUT2D eigenvalue weighted by atomic mass is 16.1. The van der Waals surface area contributed by atoms with Crippen molar-refractivity contribution in [3.05, 3.63) is 34.1 Å². The average Bonchev–Trinajstić information content (AvgIpc) is 2.08. The van der Waals surface area contributed by atoms with E-state index in [9.17, 15) is 4.79 Å². The summed E-state index contributed by atoms with van der Waals surface area (Å²) in [5.74, 6) is 0.0105. The number of nitrogens with one attached hydrogen (secondary N) is 1. The molecule has 66 valence electrons. The molecule has 0 saturated heterocycles. The molecule has 4 nitrogen and oxygen atoms in total. The fraction of sp³-hybridized carbons (Fsp3) is 0.111. The maximum absolute atomic E-state index is 11.1. The smallest absolute Gasteiger partial charge is 0.290 e. The average molecular weight is 175 g/mol. The first kappa shape index (κ1) is 7.79. The number of fused-ring (bicyclic) bond motifs is 1. The molecule has 0 amide bonds. The van der Waals surface area contributed by atoms with Gasteiger partial charge in [0.25, 0.3) is 5.56 Å². The normalized spacial score (nSPS) is 10.5.